The molecular formula is C51H64N8O8. The molecule has 0 radical (unpaired) electrons. The zero-order valence-electron chi connectivity index (χ0n) is 39.3. The summed E-state index contributed by atoms with van der Waals surface area (Å²) < 4.78 is 22.1. The lowest BCUT2D eigenvalue weighted by Crippen LogP contribution is -2.55. The van der Waals surface area contributed by atoms with E-state index >= 15 is 0 Å². The number of amides is 4. The van der Waals surface area contributed by atoms with Crippen LogP contribution < -0.4 is 10.6 Å². The van der Waals surface area contributed by atoms with Gasteiger partial charge < -0.3 is 49.3 Å². The van der Waals surface area contributed by atoms with E-state index in [1.807, 2.05) is 22.2 Å². The normalized spacial score (nSPS) is 26.8. The molecule has 4 aliphatic heterocycles. The number of carbonyl (C=O) groups excluding carboxylic acids is 4. The average Bonchev–Trinajstić information content (AvgIpc) is 3.87. The van der Waals surface area contributed by atoms with Gasteiger partial charge in [0, 0.05) is 30.9 Å². The maximum Gasteiger partial charge on any atom is 0.407 e. The molecule has 8 atom stereocenters. The van der Waals surface area contributed by atoms with E-state index in [4.69, 9.17) is 28.9 Å². The molecule has 6 fully saturated rings. The second-order valence-corrected chi connectivity index (χ2v) is 20.1. The molecule has 0 unspecified atom stereocenters. The van der Waals surface area contributed by atoms with Crippen LogP contribution in [0.1, 0.15) is 120 Å². The highest BCUT2D eigenvalue weighted by molar-refractivity contribution is 5.88. The van der Waals surface area contributed by atoms with Gasteiger partial charge >= 0.3 is 12.2 Å². The molecule has 356 valence electrons. The SMILES string of the molecule is COC(=O)N[C@H](C(=O)N1[C@@H](C)CC[C@H]1c1ncc(-c2ccc(-c3ccc(-c4cnc([C@@H]5CC[C@H](C)N5C(=O)[C@@H](NC(=O)OC)[C@H]5CCOC6(CC6)C5)[nH]4)c(C)c3)cc2)[nH]1)[C@H]1CCOC2(CC2)C1. The highest BCUT2D eigenvalue weighted by atomic mass is 16.5. The summed E-state index contributed by atoms with van der Waals surface area (Å²) in [6.45, 7) is 7.39. The third kappa shape index (κ3) is 8.94. The Balaban J connectivity index is 0.816. The van der Waals surface area contributed by atoms with Crippen molar-refractivity contribution >= 4 is 24.0 Å². The standard InChI is InChI=1S/C51H64N8O8/c1-29-24-34(12-13-37(29)39-28-53-45(55-39)41-15-7-31(3)59(41)47(61)43(57-49(63)65-5)36-17-23-67-51(26-36)20-21-51)32-8-10-33(11-9-32)38-27-52-44(54-38)40-14-6-30(2)58(40)46(60)42(56-48(62)64-4)35-16-22-66-50(25-35)18-19-50/h8-13,24,27-28,30-31,35-36,40-43H,6-7,14-23,25-26H2,1-5H3,(H,52,54)(H,53,55)(H,56,62)(H,57,63)/t30-,31-,35-,36-,40-,41-,42-,43-/m0/s1. The van der Waals surface area contributed by atoms with Gasteiger partial charge in [0.1, 0.15) is 23.7 Å². The number of aryl methyl sites for hydroxylation is 1. The number of hydrogen-bond donors (Lipinski definition) is 4. The zero-order chi connectivity index (χ0) is 46.6. The number of aromatic nitrogens is 4. The van der Waals surface area contributed by atoms with Crippen molar-refractivity contribution < 1.29 is 38.1 Å². The van der Waals surface area contributed by atoms with Crippen LogP contribution in [0.5, 0.6) is 0 Å². The summed E-state index contributed by atoms with van der Waals surface area (Å²) in [4.78, 5) is 74.7. The van der Waals surface area contributed by atoms with E-state index in [2.05, 4.69) is 83.8 Å². The lowest BCUT2D eigenvalue weighted by Gasteiger charge is -2.38. The first kappa shape index (κ1) is 45.1. The number of imidazole rings is 2. The van der Waals surface area contributed by atoms with Crippen molar-refractivity contribution in [3.63, 3.8) is 0 Å². The van der Waals surface area contributed by atoms with Crippen molar-refractivity contribution in [1.82, 2.24) is 40.4 Å². The van der Waals surface area contributed by atoms with Gasteiger partial charge in [0.2, 0.25) is 11.8 Å². The third-order valence-corrected chi connectivity index (χ3v) is 15.8. The summed E-state index contributed by atoms with van der Waals surface area (Å²) in [6.07, 6.45) is 12.5. The molecule has 2 spiro atoms. The largest absolute Gasteiger partial charge is 0.453 e. The van der Waals surface area contributed by atoms with Crippen molar-refractivity contribution in [1.29, 1.82) is 0 Å². The van der Waals surface area contributed by atoms with Crippen LogP contribution >= 0.6 is 0 Å². The fourth-order valence-electron chi connectivity index (χ4n) is 11.7. The first-order valence-corrected chi connectivity index (χ1v) is 24.3. The van der Waals surface area contributed by atoms with Crippen molar-refractivity contribution in [3.8, 4) is 33.6 Å². The van der Waals surface area contributed by atoms with Crippen LogP contribution in [0, 0.1) is 18.8 Å². The van der Waals surface area contributed by atoms with Crippen molar-refractivity contribution in [2.75, 3.05) is 27.4 Å². The van der Waals surface area contributed by atoms with Crippen molar-refractivity contribution in [2.24, 2.45) is 11.8 Å². The Labute approximate surface area is 391 Å². The number of ether oxygens (including phenoxy) is 4. The number of benzene rings is 2. The van der Waals surface area contributed by atoms with Crippen LogP contribution in [-0.2, 0) is 28.5 Å². The minimum Gasteiger partial charge on any atom is -0.453 e. The van der Waals surface area contributed by atoms with Crippen molar-refractivity contribution in [3.05, 3.63) is 72.1 Å². The predicted molar refractivity (Wildman–Crippen MR) is 248 cm³/mol. The second kappa shape index (κ2) is 18.1. The van der Waals surface area contributed by atoms with Gasteiger partial charge in [0.25, 0.3) is 0 Å². The molecule has 6 aliphatic rings. The van der Waals surface area contributed by atoms with E-state index in [1.54, 1.807) is 0 Å². The number of rotatable bonds is 11. The third-order valence-electron chi connectivity index (χ3n) is 15.8. The van der Waals surface area contributed by atoms with Gasteiger partial charge in [-0.3, -0.25) is 9.59 Å². The molecule has 2 aromatic heterocycles. The van der Waals surface area contributed by atoms with Gasteiger partial charge in [0.05, 0.1) is 61.3 Å². The molecule has 2 saturated carbocycles. The highest BCUT2D eigenvalue weighted by Crippen LogP contribution is 2.51. The zero-order valence-corrected chi connectivity index (χ0v) is 39.3. The number of alkyl carbamates (subject to hydrolysis) is 2. The molecule has 0 bridgehead atoms. The molecule has 16 nitrogen and oxygen atoms in total. The Morgan fingerprint density at radius 3 is 1.60 bits per heavy atom. The molecule has 10 rings (SSSR count). The first-order chi connectivity index (χ1) is 32.4. The molecule has 67 heavy (non-hydrogen) atoms. The summed E-state index contributed by atoms with van der Waals surface area (Å²) in [5.41, 5.74) is 6.66. The Bertz CT molecular complexity index is 2490. The quantitative estimate of drug-likeness (QED) is 0.115. The topological polar surface area (TPSA) is 193 Å². The van der Waals surface area contributed by atoms with Crippen molar-refractivity contribution in [2.45, 2.75) is 145 Å². The van der Waals surface area contributed by atoms with Crippen LogP contribution in [0.15, 0.2) is 54.9 Å². The van der Waals surface area contributed by atoms with E-state index in [0.717, 1.165) is 115 Å². The fraction of sp³-hybridized carbons (Fsp3) is 0.569. The van der Waals surface area contributed by atoms with Gasteiger partial charge in [-0.1, -0.05) is 42.5 Å². The summed E-state index contributed by atoms with van der Waals surface area (Å²) >= 11 is 0. The second-order valence-electron chi connectivity index (χ2n) is 20.1. The lowest BCUT2D eigenvalue weighted by molar-refractivity contribution is -0.140. The fourth-order valence-corrected chi connectivity index (χ4v) is 11.7. The summed E-state index contributed by atoms with van der Waals surface area (Å²) in [6, 6.07) is 12.8. The highest BCUT2D eigenvalue weighted by Gasteiger charge is 2.53. The Hall–Kier alpha value is -5.74. The van der Waals surface area contributed by atoms with Crippen LogP contribution in [0.2, 0.25) is 0 Å². The number of nitrogens with one attached hydrogen (secondary N) is 4. The molecule has 2 aliphatic carbocycles. The summed E-state index contributed by atoms with van der Waals surface area (Å²) in [7, 11) is 2.66. The lowest BCUT2D eigenvalue weighted by atomic mass is 9.86. The monoisotopic (exact) mass is 916 g/mol. The van der Waals surface area contributed by atoms with E-state index in [9.17, 15) is 19.2 Å². The summed E-state index contributed by atoms with van der Waals surface area (Å²) in [5, 5.41) is 5.81. The van der Waals surface area contributed by atoms with Gasteiger partial charge in [-0.2, -0.15) is 0 Å². The van der Waals surface area contributed by atoms with Gasteiger partial charge in [0.15, 0.2) is 0 Å². The number of nitrogens with zero attached hydrogens (tertiary/aromatic N) is 4. The molecule has 6 heterocycles. The Morgan fingerprint density at radius 2 is 1.12 bits per heavy atom. The number of likely N-dealkylation sites (tertiary alicyclic amines) is 2. The molecule has 4 aromatic rings. The number of aromatic amines is 2. The molecule has 16 heteroatoms. The molecule has 4 N–H and O–H groups in total. The summed E-state index contributed by atoms with van der Waals surface area (Å²) in [5.74, 6) is 1.20. The van der Waals surface area contributed by atoms with Gasteiger partial charge in [-0.15, -0.1) is 0 Å². The van der Waals surface area contributed by atoms with E-state index in [-0.39, 0.29) is 59.0 Å². The number of hydrogen-bond acceptors (Lipinski definition) is 10. The van der Waals surface area contributed by atoms with E-state index in [0.29, 0.717) is 26.1 Å². The average molecular weight is 917 g/mol. The first-order valence-electron chi connectivity index (χ1n) is 24.3. The number of methoxy groups -OCH3 is 2. The van der Waals surface area contributed by atoms with E-state index < -0.39 is 24.3 Å². The minimum absolute atomic E-state index is 0.0160. The Morgan fingerprint density at radius 1 is 0.657 bits per heavy atom. The van der Waals surface area contributed by atoms with Crippen LogP contribution in [-0.4, -0.2) is 117 Å². The van der Waals surface area contributed by atoms with Crippen LogP contribution in [0.4, 0.5) is 9.59 Å². The number of carbonyl (C=O) groups is 4. The molecule has 4 amide bonds. The maximum absolute atomic E-state index is 14.5. The van der Waals surface area contributed by atoms with Gasteiger partial charge in [-0.25, -0.2) is 19.6 Å². The Kier molecular flexibility index (Phi) is 12.1. The van der Waals surface area contributed by atoms with Gasteiger partial charge in [-0.05, 0) is 132 Å². The van der Waals surface area contributed by atoms with Crippen LogP contribution in [0.3, 0.4) is 0 Å². The smallest absolute Gasteiger partial charge is 0.407 e. The predicted octanol–water partition coefficient (Wildman–Crippen LogP) is 7.91. The van der Waals surface area contributed by atoms with E-state index in [1.165, 1.54) is 14.2 Å². The number of H-pyrrole nitrogens is 2. The molecular weight excluding hydrogens is 853 g/mol. The van der Waals surface area contributed by atoms with Crippen LogP contribution in [0.25, 0.3) is 33.6 Å². The maximum atomic E-state index is 14.5. The molecule has 2 aromatic carbocycles. The molecule has 4 saturated heterocycles. The minimum atomic E-state index is -0.703.